The topological polar surface area (TPSA) is 59.0 Å². The van der Waals surface area contributed by atoms with Crippen LogP contribution < -0.4 is 0 Å². The standard InChI is InChI=1S/C18H18N4OS/c1-12-19-9-6-15(20-12)18(23)22-10-7-13(8-11-22)17-21-14-4-2-3-5-16(14)24-17/h2-6,9,13H,7-8,10-11H2,1H3. The van der Waals surface area contributed by atoms with E-state index in [2.05, 4.69) is 28.2 Å². The van der Waals surface area contributed by atoms with Crippen LogP contribution in [-0.4, -0.2) is 38.8 Å². The number of aromatic nitrogens is 3. The van der Waals surface area contributed by atoms with E-state index in [4.69, 9.17) is 4.98 Å². The van der Waals surface area contributed by atoms with Crippen LogP contribution in [-0.2, 0) is 0 Å². The molecule has 122 valence electrons. The number of para-hydroxylation sites is 1. The number of rotatable bonds is 2. The molecule has 5 nitrogen and oxygen atoms in total. The maximum absolute atomic E-state index is 12.6. The van der Waals surface area contributed by atoms with E-state index in [1.807, 2.05) is 11.0 Å². The minimum Gasteiger partial charge on any atom is -0.337 e. The maximum Gasteiger partial charge on any atom is 0.272 e. The summed E-state index contributed by atoms with van der Waals surface area (Å²) in [6, 6.07) is 9.94. The Morgan fingerprint density at radius 3 is 2.71 bits per heavy atom. The Labute approximate surface area is 144 Å². The third kappa shape index (κ3) is 2.89. The minimum atomic E-state index is 0.00301. The second-order valence-corrected chi connectivity index (χ2v) is 7.14. The quantitative estimate of drug-likeness (QED) is 0.718. The van der Waals surface area contributed by atoms with E-state index in [9.17, 15) is 4.79 Å². The average molecular weight is 338 g/mol. The zero-order valence-corrected chi connectivity index (χ0v) is 14.3. The third-order valence-electron chi connectivity index (χ3n) is 4.44. The smallest absolute Gasteiger partial charge is 0.272 e. The lowest BCUT2D eigenvalue weighted by Gasteiger charge is -2.30. The number of nitrogens with zero attached hydrogens (tertiary/aromatic N) is 4. The molecule has 24 heavy (non-hydrogen) atoms. The summed E-state index contributed by atoms with van der Waals surface area (Å²) >= 11 is 1.78. The van der Waals surface area contributed by atoms with Gasteiger partial charge in [0.05, 0.1) is 15.2 Å². The van der Waals surface area contributed by atoms with Crippen LogP contribution >= 0.6 is 11.3 Å². The molecular formula is C18H18N4OS. The van der Waals surface area contributed by atoms with Crippen LogP contribution in [0.1, 0.15) is 40.1 Å². The zero-order valence-electron chi connectivity index (χ0n) is 13.5. The first kappa shape index (κ1) is 15.2. The van der Waals surface area contributed by atoms with Gasteiger partial charge in [-0.3, -0.25) is 4.79 Å². The first-order valence-corrected chi connectivity index (χ1v) is 8.97. The van der Waals surface area contributed by atoms with E-state index in [0.717, 1.165) is 31.4 Å². The molecule has 0 aliphatic carbocycles. The number of piperidine rings is 1. The summed E-state index contributed by atoms with van der Waals surface area (Å²) in [4.78, 5) is 27.5. The van der Waals surface area contributed by atoms with Gasteiger partial charge in [0.15, 0.2) is 0 Å². The molecule has 1 aromatic carbocycles. The van der Waals surface area contributed by atoms with Gasteiger partial charge in [0.2, 0.25) is 0 Å². The van der Waals surface area contributed by atoms with E-state index >= 15 is 0 Å². The van der Waals surface area contributed by atoms with Crippen molar-refractivity contribution in [1.82, 2.24) is 19.9 Å². The summed E-state index contributed by atoms with van der Waals surface area (Å²) in [6.45, 7) is 3.31. The molecule has 1 amide bonds. The van der Waals surface area contributed by atoms with Gasteiger partial charge in [0.25, 0.3) is 5.91 Å². The molecule has 0 bridgehead atoms. The SMILES string of the molecule is Cc1nccc(C(=O)N2CCC(c3nc4ccccc4s3)CC2)n1. The second-order valence-electron chi connectivity index (χ2n) is 6.08. The van der Waals surface area contributed by atoms with Crippen molar-refractivity contribution in [2.24, 2.45) is 0 Å². The first-order valence-electron chi connectivity index (χ1n) is 8.15. The molecule has 3 aromatic rings. The van der Waals surface area contributed by atoms with E-state index in [-0.39, 0.29) is 5.91 Å². The fourth-order valence-electron chi connectivity index (χ4n) is 3.13. The van der Waals surface area contributed by atoms with Gasteiger partial charge in [0.1, 0.15) is 11.5 Å². The van der Waals surface area contributed by atoms with Crippen molar-refractivity contribution < 1.29 is 4.79 Å². The number of likely N-dealkylation sites (tertiary alicyclic amines) is 1. The number of carbonyl (C=O) groups is 1. The summed E-state index contributed by atoms with van der Waals surface area (Å²) in [7, 11) is 0. The molecular weight excluding hydrogens is 320 g/mol. The van der Waals surface area contributed by atoms with Gasteiger partial charge < -0.3 is 4.90 Å². The lowest BCUT2D eigenvalue weighted by Crippen LogP contribution is -2.38. The van der Waals surface area contributed by atoms with Crippen LogP contribution in [0.3, 0.4) is 0 Å². The number of benzene rings is 1. The van der Waals surface area contributed by atoms with E-state index < -0.39 is 0 Å². The van der Waals surface area contributed by atoms with Gasteiger partial charge in [-0.05, 0) is 38.0 Å². The van der Waals surface area contributed by atoms with Crippen LogP contribution in [0.5, 0.6) is 0 Å². The van der Waals surface area contributed by atoms with E-state index in [0.29, 0.717) is 17.4 Å². The van der Waals surface area contributed by atoms with Crippen molar-refractivity contribution in [3.63, 3.8) is 0 Å². The molecule has 1 aliphatic rings. The highest BCUT2D eigenvalue weighted by Crippen LogP contribution is 2.33. The van der Waals surface area contributed by atoms with Crippen molar-refractivity contribution in [3.05, 3.63) is 53.1 Å². The maximum atomic E-state index is 12.6. The van der Waals surface area contributed by atoms with Gasteiger partial charge in [-0.15, -0.1) is 11.3 Å². The molecule has 0 spiro atoms. The van der Waals surface area contributed by atoms with Gasteiger partial charge in [0, 0.05) is 25.2 Å². The zero-order chi connectivity index (χ0) is 16.5. The summed E-state index contributed by atoms with van der Waals surface area (Å²) < 4.78 is 1.24. The largest absolute Gasteiger partial charge is 0.337 e. The number of thiazole rings is 1. The Kier molecular flexibility index (Phi) is 3.98. The van der Waals surface area contributed by atoms with E-state index in [1.165, 1.54) is 9.71 Å². The summed E-state index contributed by atoms with van der Waals surface area (Å²) in [5, 5.41) is 1.20. The van der Waals surface area contributed by atoms with Crippen LogP contribution in [0.15, 0.2) is 36.5 Å². The Morgan fingerprint density at radius 1 is 1.17 bits per heavy atom. The Hall–Kier alpha value is -2.34. The molecule has 1 aliphatic heterocycles. The molecule has 3 heterocycles. The molecule has 0 atom stereocenters. The molecule has 0 unspecified atom stereocenters. The van der Waals surface area contributed by atoms with Gasteiger partial charge >= 0.3 is 0 Å². The minimum absolute atomic E-state index is 0.00301. The fourth-order valence-corrected chi connectivity index (χ4v) is 4.27. The predicted octanol–water partition coefficient (Wildman–Crippen LogP) is 3.41. The van der Waals surface area contributed by atoms with Crippen molar-refractivity contribution in [3.8, 4) is 0 Å². The fraction of sp³-hybridized carbons (Fsp3) is 0.333. The van der Waals surface area contributed by atoms with Crippen molar-refractivity contribution >= 4 is 27.5 Å². The lowest BCUT2D eigenvalue weighted by atomic mass is 9.97. The van der Waals surface area contributed by atoms with Gasteiger partial charge in [-0.2, -0.15) is 0 Å². The Morgan fingerprint density at radius 2 is 1.96 bits per heavy atom. The number of fused-ring (bicyclic) bond motifs is 1. The number of aryl methyl sites for hydroxylation is 1. The van der Waals surface area contributed by atoms with Gasteiger partial charge in [-0.25, -0.2) is 15.0 Å². The number of amides is 1. The summed E-state index contributed by atoms with van der Waals surface area (Å²) in [6.07, 6.45) is 3.55. The monoisotopic (exact) mass is 338 g/mol. The highest BCUT2D eigenvalue weighted by atomic mass is 32.1. The molecule has 0 radical (unpaired) electrons. The van der Waals surface area contributed by atoms with E-state index in [1.54, 1.807) is 30.5 Å². The van der Waals surface area contributed by atoms with Crippen LogP contribution in [0, 0.1) is 6.92 Å². The van der Waals surface area contributed by atoms with Crippen LogP contribution in [0.2, 0.25) is 0 Å². The average Bonchev–Trinajstić information content (AvgIpc) is 3.05. The normalized spacial score (nSPS) is 15.8. The highest BCUT2D eigenvalue weighted by molar-refractivity contribution is 7.18. The molecule has 1 fully saturated rings. The molecule has 0 N–H and O–H groups in total. The predicted molar refractivity (Wildman–Crippen MR) is 94.3 cm³/mol. The highest BCUT2D eigenvalue weighted by Gasteiger charge is 2.27. The number of hydrogen-bond acceptors (Lipinski definition) is 5. The van der Waals surface area contributed by atoms with Gasteiger partial charge in [-0.1, -0.05) is 12.1 Å². The molecule has 0 saturated carbocycles. The van der Waals surface area contributed by atoms with Crippen LogP contribution in [0.4, 0.5) is 0 Å². The lowest BCUT2D eigenvalue weighted by molar-refractivity contribution is 0.0706. The van der Waals surface area contributed by atoms with Crippen molar-refractivity contribution in [2.75, 3.05) is 13.1 Å². The molecule has 4 rings (SSSR count). The Balaban J connectivity index is 1.45. The number of hydrogen-bond donors (Lipinski definition) is 0. The van der Waals surface area contributed by atoms with Crippen LogP contribution in [0.25, 0.3) is 10.2 Å². The van der Waals surface area contributed by atoms with Crippen molar-refractivity contribution in [1.29, 1.82) is 0 Å². The third-order valence-corrected chi connectivity index (χ3v) is 5.64. The second kappa shape index (κ2) is 6.28. The first-order chi connectivity index (χ1) is 11.7. The molecule has 1 saturated heterocycles. The summed E-state index contributed by atoms with van der Waals surface area (Å²) in [5.74, 6) is 1.08. The molecule has 6 heteroatoms. The Bertz CT molecular complexity index is 850. The summed E-state index contributed by atoms with van der Waals surface area (Å²) in [5.41, 5.74) is 1.56. The van der Waals surface area contributed by atoms with Crippen molar-refractivity contribution in [2.45, 2.75) is 25.7 Å². The number of carbonyl (C=O) groups excluding carboxylic acids is 1. The molecule has 2 aromatic heterocycles.